The molecule has 7 heteroatoms. The smallest absolute Gasteiger partial charge is 0.308 e. The standard InChI is InChI=1S/C12H16N2O4S/c1-9-10(12(15)16)5-4-8-14(9)19(17,18)11-6-2-3-7-13-11/h2-3,6-7,9-10H,4-5,8H2,1H3,(H,15,16)/t9-,10-/m1/s1. The van der Waals surface area contributed by atoms with Crippen molar-refractivity contribution in [3.63, 3.8) is 0 Å². The lowest BCUT2D eigenvalue weighted by atomic mass is 9.92. The minimum Gasteiger partial charge on any atom is -0.481 e. The van der Waals surface area contributed by atoms with Crippen LogP contribution in [0.2, 0.25) is 0 Å². The van der Waals surface area contributed by atoms with Gasteiger partial charge >= 0.3 is 5.97 Å². The number of sulfonamides is 1. The van der Waals surface area contributed by atoms with E-state index >= 15 is 0 Å². The lowest BCUT2D eigenvalue weighted by molar-refractivity contribution is -0.144. The van der Waals surface area contributed by atoms with Gasteiger partial charge in [-0.3, -0.25) is 4.79 Å². The number of nitrogens with zero attached hydrogens (tertiary/aromatic N) is 2. The van der Waals surface area contributed by atoms with Crippen molar-refractivity contribution >= 4 is 16.0 Å². The van der Waals surface area contributed by atoms with E-state index in [1.54, 1.807) is 19.1 Å². The van der Waals surface area contributed by atoms with E-state index in [0.29, 0.717) is 19.4 Å². The van der Waals surface area contributed by atoms with E-state index in [-0.39, 0.29) is 5.03 Å². The maximum atomic E-state index is 12.4. The molecule has 0 spiro atoms. The molecule has 2 atom stereocenters. The van der Waals surface area contributed by atoms with Crippen LogP contribution in [-0.4, -0.2) is 41.4 Å². The highest BCUT2D eigenvalue weighted by Crippen LogP contribution is 2.28. The van der Waals surface area contributed by atoms with E-state index in [1.165, 1.54) is 16.6 Å². The zero-order valence-electron chi connectivity index (χ0n) is 10.6. The monoisotopic (exact) mass is 284 g/mol. The number of carboxylic acids is 1. The van der Waals surface area contributed by atoms with Crippen LogP contribution in [-0.2, 0) is 14.8 Å². The summed E-state index contributed by atoms with van der Waals surface area (Å²) in [5.74, 6) is -1.61. The molecule has 1 aromatic rings. The Morgan fingerprint density at radius 2 is 2.21 bits per heavy atom. The van der Waals surface area contributed by atoms with Gasteiger partial charge in [0, 0.05) is 18.8 Å². The second-order valence-electron chi connectivity index (χ2n) is 4.61. The maximum absolute atomic E-state index is 12.4. The highest BCUT2D eigenvalue weighted by atomic mass is 32.2. The number of piperidine rings is 1. The minimum absolute atomic E-state index is 0.0344. The molecule has 0 amide bonds. The molecule has 19 heavy (non-hydrogen) atoms. The molecule has 1 N–H and O–H groups in total. The van der Waals surface area contributed by atoms with Gasteiger partial charge in [0.2, 0.25) is 0 Å². The van der Waals surface area contributed by atoms with Crippen LogP contribution in [0.4, 0.5) is 0 Å². The molecular weight excluding hydrogens is 268 g/mol. The lowest BCUT2D eigenvalue weighted by Crippen LogP contribution is -2.49. The van der Waals surface area contributed by atoms with Crippen molar-refractivity contribution in [3.8, 4) is 0 Å². The molecule has 0 saturated carbocycles. The molecule has 0 aromatic carbocycles. The zero-order chi connectivity index (χ0) is 14.0. The van der Waals surface area contributed by atoms with Crippen LogP contribution in [0, 0.1) is 5.92 Å². The number of aromatic nitrogens is 1. The van der Waals surface area contributed by atoms with E-state index in [9.17, 15) is 13.2 Å². The van der Waals surface area contributed by atoms with Crippen LogP contribution < -0.4 is 0 Å². The third kappa shape index (κ3) is 2.62. The fraction of sp³-hybridized carbons (Fsp3) is 0.500. The van der Waals surface area contributed by atoms with E-state index < -0.39 is 28.0 Å². The predicted molar refractivity (Wildman–Crippen MR) is 68.0 cm³/mol. The van der Waals surface area contributed by atoms with Gasteiger partial charge in [0.1, 0.15) is 0 Å². The molecule has 104 valence electrons. The van der Waals surface area contributed by atoms with Gasteiger partial charge < -0.3 is 5.11 Å². The summed E-state index contributed by atoms with van der Waals surface area (Å²) in [7, 11) is -3.72. The fourth-order valence-electron chi connectivity index (χ4n) is 2.40. The highest BCUT2D eigenvalue weighted by Gasteiger charge is 2.39. The van der Waals surface area contributed by atoms with Crippen molar-refractivity contribution < 1.29 is 18.3 Å². The van der Waals surface area contributed by atoms with Gasteiger partial charge in [0.25, 0.3) is 10.0 Å². The summed E-state index contributed by atoms with van der Waals surface area (Å²) in [6.45, 7) is 1.97. The van der Waals surface area contributed by atoms with Gasteiger partial charge in [0.05, 0.1) is 5.92 Å². The molecule has 0 bridgehead atoms. The van der Waals surface area contributed by atoms with E-state index in [0.717, 1.165) is 0 Å². The Morgan fingerprint density at radius 3 is 2.79 bits per heavy atom. The van der Waals surface area contributed by atoms with E-state index in [2.05, 4.69) is 4.98 Å². The van der Waals surface area contributed by atoms with Gasteiger partial charge in [-0.25, -0.2) is 13.4 Å². The van der Waals surface area contributed by atoms with Crippen molar-refractivity contribution in [1.29, 1.82) is 0 Å². The molecule has 6 nitrogen and oxygen atoms in total. The third-order valence-corrected chi connectivity index (χ3v) is 5.36. The summed E-state index contributed by atoms with van der Waals surface area (Å²) in [5.41, 5.74) is 0. The molecule has 0 unspecified atom stereocenters. The van der Waals surface area contributed by atoms with E-state index in [1.807, 2.05) is 0 Å². The molecule has 0 radical (unpaired) electrons. The van der Waals surface area contributed by atoms with Crippen LogP contribution in [0.1, 0.15) is 19.8 Å². The van der Waals surface area contributed by atoms with Crippen molar-refractivity contribution in [3.05, 3.63) is 24.4 Å². The Labute approximate surface area is 112 Å². The SMILES string of the molecule is C[C@@H]1[C@H](C(=O)O)CCCN1S(=O)(=O)c1ccccn1. The summed E-state index contributed by atoms with van der Waals surface area (Å²) in [5, 5.41) is 9.09. The number of carboxylic acid groups (broad SMARTS) is 1. The predicted octanol–water partition coefficient (Wildman–Crippen LogP) is 0.955. The lowest BCUT2D eigenvalue weighted by Gasteiger charge is -2.35. The molecule has 2 rings (SSSR count). The average Bonchev–Trinajstić information content (AvgIpc) is 2.39. The first-order chi connectivity index (χ1) is 8.94. The van der Waals surface area contributed by atoms with Crippen molar-refractivity contribution in [2.45, 2.75) is 30.8 Å². The zero-order valence-corrected chi connectivity index (χ0v) is 11.4. The molecule has 1 fully saturated rings. The molecule has 1 aromatic heterocycles. The first-order valence-electron chi connectivity index (χ1n) is 6.10. The third-order valence-electron chi connectivity index (χ3n) is 3.46. The van der Waals surface area contributed by atoms with Gasteiger partial charge in [-0.05, 0) is 31.9 Å². The molecule has 0 aliphatic carbocycles. The Balaban J connectivity index is 2.33. The number of pyridine rings is 1. The summed E-state index contributed by atoms with van der Waals surface area (Å²) in [6, 6.07) is 4.10. The van der Waals surface area contributed by atoms with Gasteiger partial charge in [-0.2, -0.15) is 4.31 Å². The molecule has 2 heterocycles. The topological polar surface area (TPSA) is 87.6 Å². The largest absolute Gasteiger partial charge is 0.481 e. The van der Waals surface area contributed by atoms with Gasteiger partial charge in [0.15, 0.2) is 5.03 Å². The van der Waals surface area contributed by atoms with Crippen LogP contribution in [0.3, 0.4) is 0 Å². The second kappa shape index (κ2) is 5.26. The number of hydrogen-bond acceptors (Lipinski definition) is 4. The van der Waals surface area contributed by atoms with Crippen LogP contribution in [0.25, 0.3) is 0 Å². The normalized spacial score (nSPS) is 25.1. The molecular formula is C12H16N2O4S. The second-order valence-corrected chi connectivity index (χ2v) is 6.45. The summed E-state index contributed by atoms with van der Waals surface area (Å²) >= 11 is 0. The Hall–Kier alpha value is -1.47. The quantitative estimate of drug-likeness (QED) is 0.893. The summed E-state index contributed by atoms with van der Waals surface area (Å²) in [6.07, 6.45) is 2.47. The Bertz CT molecular complexity index is 558. The number of aliphatic carboxylic acids is 1. The van der Waals surface area contributed by atoms with Gasteiger partial charge in [-0.15, -0.1) is 0 Å². The van der Waals surface area contributed by atoms with Crippen LogP contribution in [0.5, 0.6) is 0 Å². The first-order valence-corrected chi connectivity index (χ1v) is 7.54. The van der Waals surface area contributed by atoms with Crippen molar-refractivity contribution in [2.24, 2.45) is 5.92 Å². The van der Waals surface area contributed by atoms with Crippen molar-refractivity contribution in [1.82, 2.24) is 9.29 Å². The Kier molecular flexibility index (Phi) is 3.86. The van der Waals surface area contributed by atoms with Crippen LogP contribution in [0.15, 0.2) is 29.4 Å². The molecule has 1 aliphatic heterocycles. The van der Waals surface area contributed by atoms with Crippen LogP contribution >= 0.6 is 0 Å². The number of hydrogen-bond donors (Lipinski definition) is 1. The summed E-state index contributed by atoms with van der Waals surface area (Å²) < 4.78 is 26.1. The van der Waals surface area contributed by atoms with E-state index in [4.69, 9.17) is 5.11 Å². The average molecular weight is 284 g/mol. The minimum atomic E-state index is -3.72. The van der Waals surface area contributed by atoms with Gasteiger partial charge in [-0.1, -0.05) is 6.07 Å². The van der Waals surface area contributed by atoms with Crippen molar-refractivity contribution in [2.75, 3.05) is 6.54 Å². The first kappa shape index (κ1) is 14.0. The molecule has 1 aliphatic rings. The number of carbonyl (C=O) groups is 1. The Morgan fingerprint density at radius 1 is 1.47 bits per heavy atom. The fourth-order valence-corrected chi connectivity index (χ4v) is 4.04. The summed E-state index contributed by atoms with van der Waals surface area (Å²) in [4.78, 5) is 15.0. The highest BCUT2D eigenvalue weighted by molar-refractivity contribution is 7.89. The maximum Gasteiger partial charge on any atom is 0.308 e. The molecule has 1 saturated heterocycles. The number of rotatable bonds is 3.